The average molecular weight is 483 g/mol. The average Bonchev–Trinajstić information content (AvgIpc) is 3.22. The molecule has 0 fully saturated rings. The van der Waals surface area contributed by atoms with Gasteiger partial charge in [0, 0.05) is 6.54 Å². The summed E-state index contributed by atoms with van der Waals surface area (Å²) in [6, 6.07) is 12.9. The van der Waals surface area contributed by atoms with Crippen LogP contribution in [0.5, 0.6) is 5.75 Å². The van der Waals surface area contributed by atoms with E-state index in [1.54, 1.807) is 24.3 Å². The number of thioether (sulfide) groups is 1. The van der Waals surface area contributed by atoms with Crippen LogP contribution in [-0.2, 0) is 22.7 Å². The number of carbonyl (C=O) groups is 2. The number of carbonyl (C=O) groups excluding carboxylic acids is 2. The molecular weight excluding hydrogens is 452 g/mol. The third kappa shape index (κ3) is 6.17. The molecule has 1 N–H and O–H groups in total. The molecule has 2 aromatic carbocycles. The fourth-order valence-corrected chi connectivity index (χ4v) is 4.25. The van der Waals surface area contributed by atoms with E-state index in [2.05, 4.69) is 41.5 Å². The van der Waals surface area contributed by atoms with Crippen molar-refractivity contribution in [3.8, 4) is 5.75 Å². The zero-order chi connectivity index (χ0) is 24.7. The lowest BCUT2D eigenvalue weighted by Gasteiger charge is -2.15. The number of para-hydroxylation sites is 1. The van der Waals surface area contributed by atoms with Gasteiger partial charge in [-0.1, -0.05) is 49.9 Å². The van der Waals surface area contributed by atoms with Crippen molar-refractivity contribution in [2.24, 2.45) is 0 Å². The number of aromatic nitrogens is 3. The molecule has 1 amide bonds. The molecule has 0 aliphatic heterocycles. The SMILES string of the molecule is CCn1c(COc2cc(C)ccc2C(C)C)nnc1SCC(=O)Nc1ccccc1C(=O)OC. The molecule has 0 saturated carbocycles. The number of benzene rings is 2. The maximum absolute atomic E-state index is 12.5. The third-order valence-electron chi connectivity index (χ3n) is 5.20. The Kier molecular flexibility index (Phi) is 8.70. The van der Waals surface area contributed by atoms with Crippen LogP contribution in [0.1, 0.15) is 54.0 Å². The second-order valence-corrected chi connectivity index (χ2v) is 8.94. The maximum atomic E-state index is 12.5. The molecule has 0 unspecified atom stereocenters. The molecule has 9 heteroatoms. The number of esters is 1. The van der Waals surface area contributed by atoms with Gasteiger partial charge >= 0.3 is 5.97 Å². The maximum Gasteiger partial charge on any atom is 0.339 e. The van der Waals surface area contributed by atoms with Crippen molar-refractivity contribution in [3.05, 3.63) is 65.0 Å². The van der Waals surface area contributed by atoms with Crippen molar-refractivity contribution in [2.75, 3.05) is 18.2 Å². The molecule has 0 saturated heterocycles. The van der Waals surface area contributed by atoms with E-state index in [0.29, 0.717) is 34.7 Å². The van der Waals surface area contributed by atoms with Crippen molar-refractivity contribution in [2.45, 2.75) is 51.9 Å². The molecule has 0 radical (unpaired) electrons. The summed E-state index contributed by atoms with van der Waals surface area (Å²) in [6.07, 6.45) is 0. The lowest BCUT2D eigenvalue weighted by atomic mass is 10.0. The molecule has 8 nitrogen and oxygen atoms in total. The minimum Gasteiger partial charge on any atom is -0.485 e. The summed E-state index contributed by atoms with van der Waals surface area (Å²) in [6.45, 7) is 9.23. The van der Waals surface area contributed by atoms with Crippen LogP contribution in [0.25, 0.3) is 0 Å². The van der Waals surface area contributed by atoms with Crippen molar-refractivity contribution in [1.29, 1.82) is 0 Å². The molecule has 34 heavy (non-hydrogen) atoms. The minimum atomic E-state index is -0.506. The highest BCUT2D eigenvalue weighted by Crippen LogP contribution is 2.28. The van der Waals surface area contributed by atoms with Crippen LogP contribution in [0.2, 0.25) is 0 Å². The van der Waals surface area contributed by atoms with E-state index >= 15 is 0 Å². The van der Waals surface area contributed by atoms with Gasteiger partial charge in [-0.2, -0.15) is 0 Å². The Labute approximate surface area is 204 Å². The second-order valence-electron chi connectivity index (χ2n) is 8.00. The minimum absolute atomic E-state index is 0.115. The summed E-state index contributed by atoms with van der Waals surface area (Å²) in [7, 11) is 1.30. The van der Waals surface area contributed by atoms with Crippen LogP contribution in [0.15, 0.2) is 47.6 Å². The van der Waals surface area contributed by atoms with Crippen LogP contribution in [0.3, 0.4) is 0 Å². The Bertz CT molecular complexity index is 1160. The first kappa shape index (κ1) is 25.3. The highest BCUT2D eigenvalue weighted by molar-refractivity contribution is 7.99. The molecule has 0 aliphatic rings. The number of nitrogens with one attached hydrogen (secondary N) is 1. The van der Waals surface area contributed by atoms with Crippen molar-refractivity contribution >= 4 is 29.3 Å². The van der Waals surface area contributed by atoms with Crippen LogP contribution in [0.4, 0.5) is 5.69 Å². The highest BCUT2D eigenvalue weighted by Gasteiger charge is 2.17. The van der Waals surface area contributed by atoms with Crippen molar-refractivity contribution < 1.29 is 19.1 Å². The molecule has 0 bridgehead atoms. The molecule has 180 valence electrons. The zero-order valence-corrected chi connectivity index (χ0v) is 20.9. The summed E-state index contributed by atoms with van der Waals surface area (Å²) in [5.41, 5.74) is 2.99. The first-order valence-corrected chi connectivity index (χ1v) is 12.1. The lowest BCUT2D eigenvalue weighted by Crippen LogP contribution is -2.17. The van der Waals surface area contributed by atoms with Gasteiger partial charge in [-0.3, -0.25) is 4.79 Å². The van der Waals surface area contributed by atoms with Gasteiger partial charge in [0.2, 0.25) is 5.91 Å². The van der Waals surface area contributed by atoms with Crippen molar-refractivity contribution in [3.63, 3.8) is 0 Å². The largest absolute Gasteiger partial charge is 0.485 e. The fraction of sp³-hybridized carbons (Fsp3) is 0.360. The number of aryl methyl sites for hydroxylation is 1. The molecule has 0 atom stereocenters. The molecule has 0 spiro atoms. The Morgan fingerprint density at radius 3 is 2.62 bits per heavy atom. The van der Waals surface area contributed by atoms with Gasteiger partial charge < -0.3 is 19.4 Å². The van der Waals surface area contributed by atoms with E-state index in [9.17, 15) is 9.59 Å². The van der Waals surface area contributed by atoms with E-state index in [1.165, 1.54) is 18.9 Å². The topological polar surface area (TPSA) is 95.3 Å². The monoisotopic (exact) mass is 482 g/mol. The highest BCUT2D eigenvalue weighted by atomic mass is 32.2. The van der Waals surface area contributed by atoms with Crippen molar-refractivity contribution in [1.82, 2.24) is 14.8 Å². The van der Waals surface area contributed by atoms with E-state index in [0.717, 1.165) is 16.9 Å². The molecule has 3 aromatic rings. The van der Waals surface area contributed by atoms with Crippen LogP contribution in [-0.4, -0.2) is 39.5 Å². The summed E-state index contributed by atoms with van der Waals surface area (Å²) in [4.78, 5) is 24.4. The smallest absolute Gasteiger partial charge is 0.339 e. The summed E-state index contributed by atoms with van der Waals surface area (Å²) >= 11 is 1.28. The standard InChI is InChI=1S/C25H30N4O4S/c1-6-29-22(14-33-21-13-17(4)11-12-18(21)16(2)3)27-28-25(29)34-15-23(30)26-20-10-8-7-9-19(20)24(31)32-5/h7-13,16H,6,14-15H2,1-5H3,(H,26,30). The normalized spacial score (nSPS) is 10.9. The Morgan fingerprint density at radius 2 is 1.91 bits per heavy atom. The van der Waals surface area contributed by atoms with Gasteiger partial charge in [-0.05, 0) is 49.1 Å². The second kappa shape index (κ2) is 11.7. The van der Waals surface area contributed by atoms with Gasteiger partial charge in [-0.15, -0.1) is 10.2 Å². The number of nitrogens with zero attached hydrogens (tertiary/aromatic N) is 3. The number of rotatable bonds is 10. The van der Waals surface area contributed by atoms with E-state index in [1.807, 2.05) is 24.5 Å². The number of hydrogen-bond acceptors (Lipinski definition) is 7. The molecule has 1 heterocycles. The lowest BCUT2D eigenvalue weighted by molar-refractivity contribution is -0.113. The van der Waals surface area contributed by atoms with Gasteiger partial charge in [0.15, 0.2) is 11.0 Å². The third-order valence-corrected chi connectivity index (χ3v) is 6.16. The Hall–Kier alpha value is -3.33. The summed E-state index contributed by atoms with van der Waals surface area (Å²) < 4.78 is 12.8. The predicted octanol–water partition coefficient (Wildman–Crippen LogP) is 4.83. The number of anilines is 1. The molecular formula is C25H30N4O4S. The fourth-order valence-electron chi connectivity index (χ4n) is 3.43. The Morgan fingerprint density at radius 1 is 1.15 bits per heavy atom. The number of amides is 1. The Balaban J connectivity index is 1.65. The number of ether oxygens (including phenoxy) is 2. The van der Waals surface area contributed by atoms with Crippen LogP contribution in [0, 0.1) is 6.92 Å². The quantitative estimate of drug-likeness (QED) is 0.327. The van der Waals surface area contributed by atoms with Gasteiger partial charge in [0.1, 0.15) is 12.4 Å². The molecule has 1 aromatic heterocycles. The van der Waals surface area contributed by atoms with E-state index in [-0.39, 0.29) is 18.3 Å². The van der Waals surface area contributed by atoms with Gasteiger partial charge in [-0.25, -0.2) is 4.79 Å². The van der Waals surface area contributed by atoms with Crippen LogP contribution >= 0.6 is 11.8 Å². The van der Waals surface area contributed by atoms with Gasteiger partial charge in [0.05, 0.1) is 24.1 Å². The van der Waals surface area contributed by atoms with Gasteiger partial charge in [0.25, 0.3) is 0 Å². The number of hydrogen-bond donors (Lipinski definition) is 1. The first-order chi connectivity index (χ1) is 16.3. The summed E-state index contributed by atoms with van der Waals surface area (Å²) in [5.74, 6) is 1.23. The van der Waals surface area contributed by atoms with Crippen LogP contribution < -0.4 is 10.1 Å². The molecule has 3 rings (SSSR count). The first-order valence-electron chi connectivity index (χ1n) is 11.1. The zero-order valence-electron chi connectivity index (χ0n) is 20.1. The van der Waals surface area contributed by atoms with E-state index < -0.39 is 5.97 Å². The van der Waals surface area contributed by atoms with E-state index in [4.69, 9.17) is 9.47 Å². The predicted molar refractivity (Wildman–Crippen MR) is 132 cm³/mol. The summed E-state index contributed by atoms with van der Waals surface area (Å²) in [5, 5.41) is 11.9. The molecule has 0 aliphatic carbocycles. The number of methoxy groups -OCH3 is 1.